The van der Waals surface area contributed by atoms with Crippen molar-refractivity contribution in [3.05, 3.63) is 23.8 Å². The highest BCUT2D eigenvalue weighted by atomic mass is 16.5. The van der Waals surface area contributed by atoms with Crippen LogP contribution in [0.15, 0.2) is 18.2 Å². The number of rotatable bonds is 9. The van der Waals surface area contributed by atoms with E-state index in [9.17, 15) is 9.59 Å². The molecule has 0 saturated carbocycles. The summed E-state index contributed by atoms with van der Waals surface area (Å²) < 4.78 is 16.2. The van der Waals surface area contributed by atoms with E-state index < -0.39 is 6.04 Å². The lowest BCUT2D eigenvalue weighted by Gasteiger charge is -2.35. The van der Waals surface area contributed by atoms with Crippen molar-refractivity contribution in [2.75, 3.05) is 40.5 Å². The fourth-order valence-corrected chi connectivity index (χ4v) is 2.86. The molecule has 4 N–H and O–H groups in total. The predicted molar refractivity (Wildman–Crippen MR) is 94.5 cm³/mol. The number of amides is 2. The van der Waals surface area contributed by atoms with Gasteiger partial charge >= 0.3 is 0 Å². The Hall–Kier alpha value is -2.36. The van der Waals surface area contributed by atoms with Crippen molar-refractivity contribution in [3.63, 3.8) is 0 Å². The molecular formula is C17H26N4O5. The van der Waals surface area contributed by atoms with Crippen molar-refractivity contribution < 1.29 is 23.8 Å². The normalized spacial score (nSPS) is 17.5. The van der Waals surface area contributed by atoms with Crippen LogP contribution in [0.2, 0.25) is 0 Å². The Morgan fingerprint density at radius 3 is 2.88 bits per heavy atom. The number of hydrazine groups is 1. The standard InChI is InChI=1S/C17H26N4O5/c1-24-8-9-26-16-12(4-3-5-14(16)25-2)11-21-7-6-19-17(23)13(21)10-15(22)20-18/h3-5,13H,6-11,18H2,1-2H3,(H,19,23)(H,20,22). The van der Waals surface area contributed by atoms with E-state index in [4.69, 9.17) is 20.1 Å². The molecule has 1 aliphatic rings. The summed E-state index contributed by atoms with van der Waals surface area (Å²) in [7, 11) is 3.18. The maximum Gasteiger partial charge on any atom is 0.237 e. The Morgan fingerprint density at radius 1 is 1.38 bits per heavy atom. The van der Waals surface area contributed by atoms with E-state index in [2.05, 4.69) is 10.7 Å². The number of hydrogen-bond acceptors (Lipinski definition) is 7. The molecule has 1 aromatic carbocycles. The molecule has 1 aromatic rings. The molecule has 1 unspecified atom stereocenters. The number of methoxy groups -OCH3 is 2. The molecule has 9 nitrogen and oxygen atoms in total. The Kier molecular flexibility index (Phi) is 7.64. The average Bonchev–Trinajstić information content (AvgIpc) is 2.65. The van der Waals surface area contributed by atoms with Gasteiger partial charge in [0.05, 0.1) is 26.2 Å². The van der Waals surface area contributed by atoms with E-state index in [0.29, 0.717) is 44.3 Å². The van der Waals surface area contributed by atoms with Crippen LogP contribution in [-0.4, -0.2) is 63.3 Å². The number of nitrogens with two attached hydrogens (primary N) is 1. The van der Waals surface area contributed by atoms with E-state index in [0.717, 1.165) is 5.56 Å². The van der Waals surface area contributed by atoms with E-state index in [-0.39, 0.29) is 18.2 Å². The van der Waals surface area contributed by atoms with Crippen LogP contribution < -0.4 is 26.1 Å². The first kappa shape index (κ1) is 20.0. The molecule has 1 heterocycles. The van der Waals surface area contributed by atoms with Crippen LogP contribution in [0.3, 0.4) is 0 Å². The van der Waals surface area contributed by atoms with Crippen LogP contribution in [0.1, 0.15) is 12.0 Å². The highest BCUT2D eigenvalue weighted by Crippen LogP contribution is 2.32. The molecular weight excluding hydrogens is 340 g/mol. The van der Waals surface area contributed by atoms with Gasteiger partial charge in [0.1, 0.15) is 6.61 Å². The molecule has 26 heavy (non-hydrogen) atoms. The molecule has 2 rings (SSSR count). The quantitative estimate of drug-likeness (QED) is 0.231. The zero-order valence-corrected chi connectivity index (χ0v) is 15.1. The summed E-state index contributed by atoms with van der Waals surface area (Å²) in [6.07, 6.45) is -0.00777. The number of piperazine rings is 1. The molecule has 0 spiro atoms. The molecule has 1 fully saturated rings. The van der Waals surface area contributed by atoms with E-state index in [1.807, 2.05) is 23.1 Å². The fourth-order valence-electron chi connectivity index (χ4n) is 2.86. The second-order valence-electron chi connectivity index (χ2n) is 5.84. The lowest BCUT2D eigenvalue weighted by Crippen LogP contribution is -2.56. The van der Waals surface area contributed by atoms with Crippen LogP contribution in [-0.2, 0) is 20.9 Å². The second-order valence-corrected chi connectivity index (χ2v) is 5.84. The predicted octanol–water partition coefficient (Wildman–Crippen LogP) is -0.599. The van der Waals surface area contributed by atoms with Gasteiger partial charge in [-0.3, -0.25) is 19.9 Å². The summed E-state index contributed by atoms with van der Waals surface area (Å²) in [6.45, 7) is 2.40. The number of carbonyl (C=O) groups is 2. The first-order chi connectivity index (χ1) is 12.6. The Labute approximate surface area is 152 Å². The fraction of sp³-hybridized carbons (Fsp3) is 0.529. The first-order valence-electron chi connectivity index (χ1n) is 8.39. The molecule has 1 saturated heterocycles. The molecule has 0 radical (unpaired) electrons. The molecule has 1 aliphatic heterocycles. The lowest BCUT2D eigenvalue weighted by atomic mass is 10.1. The molecule has 0 aromatic heterocycles. The van der Waals surface area contributed by atoms with Gasteiger partial charge in [0.25, 0.3) is 0 Å². The Balaban J connectivity index is 2.21. The van der Waals surface area contributed by atoms with Gasteiger partial charge in [-0.1, -0.05) is 12.1 Å². The minimum absolute atomic E-state index is 0.00777. The first-order valence-corrected chi connectivity index (χ1v) is 8.39. The Morgan fingerprint density at radius 2 is 2.19 bits per heavy atom. The maximum absolute atomic E-state index is 12.2. The molecule has 0 aliphatic carbocycles. The zero-order valence-electron chi connectivity index (χ0n) is 15.1. The minimum atomic E-state index is -0.592. The van der Waals surface area contributed by atoms with Gasteiger partial charge < -0.3 is 19.5 Å². The van der Waals surface area contributed by atoms with Crippen molar-refractivity contribution in [2.45, 2.75) is 19.0 Å². The van der Waals surface area contributed by atoms with Gasteiger partial charge in [0.15, 0.2) is 11.5 Å². The second kappa shape index (κ2) is 9.95. The van der Waals surface area contributed by atoms with E-state index >= 15 is 0 Å². The Bertz CT molecular complexity index is 625. The largest absolute Gasteiger partial charge is 0.493 e. The third-order valence-electron chi connectivity index (χ3n) is 4.17. The SMILES string of the molecule is COCCOc1c(CN2CCNC(=O)C2CC(=O)NN)cccc1OC. The average molecular weight is 366 g/mol. The molecule has 1 atom stereocenters. The summed E-state index contributed by atoms with van der Waals surface area (Å²) in [4.78, 5) is 25.8. The number of nitrogens with zero attached hydrogens (tertiary/aromatic N) is 1. The van der Waals surface area contributed by atoms with Crippen molar-refractivity contribution >= 4 is 11.8 Å². The summed E-state index contributed by atoms with van der Waals surface area (Å²) in [6, 6.07) is 5.00. The number of para-hydroxylation sites is 1. The summed E-state index contributed by atoms with van der Waals surface area (Å²) in [5, 5.41) is 2.78. The summed E-state index contributed by atoms with van der Waals surface area (Å²) in [5.41, 5.74) is 2.95. The van der Waals surface area contributed by atoms with Gasteiger partial charge in [0, 0.05) is 32.3 Å². The number of ether oxygens (including phenoxy) is 3. The number of benzene rings is 1. The molecule has 0 bridgehead atoms. The van der Waals surface area contributed by atoms with Crippen molar-refractivity contribution in [1.29, 1.82) is 0 Å². The minimum Gasteiger partial charge on any atom is -0.493 e. The molecule has 144 valence electrons. The third kappa shape index (κ3) is 5.07. The van der Waals surface area contributed by atoms with Crippen molar-refractivity contribution in [1.82, 2.24) is 15.6 Å². The topological polar surface area (TPSA) is 115 Å². The highest BCUT2D eigenvalue weighted by Gasteiger charge is 2.32. The van der Waals surface area contributed by atoms with E-state index in [1.54, 1.807) is 14.2 Å². The number of carbonyl (C=O) groups excluding carboxylic acids is 2. The van der Waals surface area contributed by atoms with Gasteiger partial charge in [-0.2, -0.15) is 0 Å². The third-order valence-corrected chi connectivity index (χ3v) is 4.17. The van der Waals surface area contributed by atoms with Crippen molar-refractivity contribution in [2.24, 2.45) is 5.84 Å². The monoisotopic (exact) mass is 366 g/mol. The zero-order chi connectivity index (χ0) is 18.9. The number of nitrogens with one attached hydrogen (secondary N) is 2. The van der Waals surface area contributed by atoms with E-state index in [1.165, 1.54) is 0 Å². The van der Waals surface area contributed by atoms with Crippen LogP contribution in [0.4, 0.5) is 0 Å². The van der Waals surface area contributed by atoms with Gasteiger partial charge in [0.2, 0.25) is 11.8 Å². The summed E-state index contributed by atoms with van der Waals surface area (Å²) in [5.74, 6) is 5.80. The van der Waals surface area contributed by atoms with Gasteiger partial charge in [-0.25, -0.2) is 5.84 Å². The highest BCUT2D eigenvalue weighted by molar-refractivity contribution is 5.88. The van der Waals surface area contributed by atoms with Crippen LogP contribution in [0.5, 0.6) is 11.5 Å². The van der Waals surface area contributed by atoms with Crippen LogP contribution in [0.25, 0.3) is 0 Å². The molecule has 9 heteroatoms. The van der Waals surface area contributed by atoms with Crippen molar-refractivity contribution in [3.8, 4) is 11.5 Å². The maximum atomic E-state index is 12.2. The summed E-state index contributed by atoms with van der Waals surface area (Å²) >= 11 is 0. The van der Waals surface area contributed by atoms with Gasteiger partial charge in [-0.15, -0.1) is 0 Å². The number of hydrogen-bond donors (Lipinski definition) is 3. The van der Waals surface area contributed by atoms with Gasteiger partial charge in [-0.05, 0) is 6.07 Å². The lowest BCUT2D eigenvalue weighted by molar-refractivity contribution is -0.134. The molecule has 2 amide bonds. The smallest absolute Gasteiger partial charge is 0.237 e. The van der Waals surface area contributed by atoms with Crippen LogP contribution >= 0.6 is 0 Å². The van der Waals surface area contributed by atoms with Crippen LogP contribution in [0, 0.1) is 0 Å².